The van der Waals surface area contributed by atoms with Gasteiger partial charge in [-0.25, -0.2) is 9.97 Å². The normalized spacial score (nSPS) is 10.5. The number of ether oxygens (including phenoxy) is 1. The van der Waals surface area contributed by atoms with Crippen LogP contribution in [0.5, 0.6) is 0 Å². The number of rotatable bonds is 7. The second-order valence-electron chi connectivity index (χ2n) is 4.02. The maximum atomic E-state index is 5.87. The van der Waals surface area contributed by atoms with Gasteiger partial charge in [0, 0.05) is 32.2 Å². The van der Waals surface area contributed by atoms with Gasteiger partial charge < -0.3 is 15.8 Å². The number of nitrogens with one attached hydrogen (secondary N) is 1. The van der Waals surface area contributed by atoms with Crippen LogP contribution in [0.25, 0.3) is 0 Å². The first-order valence-corrected chi connectivity index (χ1v) is 6.04. The van der Waals surface area contributed by atoms with Gasteiger partial charge in [0.2, 0.25) is 0 Å². The van der Waals surface area contributed by atoms with E-state index in [9.17, 15) is 0 Å². The van der Waals surface area contributed by atoms with Crippen molar-refractivity contribution in [2.75, 3.05) is 31.3 Å². The molecule has 17 heavy (non-hydrogen) atoms. The fourth-order valence-corrected chi connectivity index (χ4v) is 1.51. The molecule has 0 aliphatic heterocycles. The van der Waals surface area contributed by atoms with Gasteiger partial charge >= 0.3 is 0 Å². The molecular weight excluding hydrogens is 216 g/mol. The number of anilines is 2. The largest absolute Gasteiger partial charge is 0.385 e. The molecule has 1 heterocycles. The van der Waals surface area contributed by atoms with Gasteiger partial charge in [-0.2, -0.15) is 0 Å². The Morgan fingerprint density at radius 3 is 2.76 bits per heavy atom. The predicted molar refractivity (Wildman–Crippen MR) is 70.2 cm³/mol. The molecule has 1 aromatic rings. The zero-order valence-corrected chi connectivity index (χ0v) is 10.9. The number of hydrogen-bond acceptors (Lipinski definition) is 5. The van der Waals surface area contributed by atoms with Crippen LogP contribution in [0.15, 0.2) is 0 Å². The SMILES string of the molecule is CCCc1nc(N)c(C)c(NCCCOC)n1. The lowest BCUT2D eigenvalue weighted by atomic mass is 10.2. The van der Waals surface area contributed by atoms with Gasteiger partial charge in [-0.3, -0.25) is 0 Å². The number of aromatic nitrogens is 2. The molecule has 0 saturated heterocycles. The number of nitrogens with two attached hydrogens (primary N) is 1. The standard InChI is InChI=1S/C12H22N4O/c1-4-6-10-15-11(13)9(2)12(16-10)14-7-5-8-17-3/h4-8H2,1-3H3,(H3,13,14,15,16). The highest BCUT2D eigenvalue weighted by atomic mass is 16.5. The molecule has 5 nitrogen and oxygen atoms in total. The molecule has 0 unspecified atom stereocenters. The first-order chi connectivity index (χ1) is 8.19. The van der Waals surface area contributed by atoms with E-state index in [1.807, 2.05) is 6.92 Å². The maximum absolute atomic E-state index is 5.87. The molecule has 0 fully saturated rings. The zero-order chi connectivity index (χ0) is 12.7. The van der Waals surface area contributed by atoms with Crippen LogP contribution in [-0.2, 0) is 11.2 Å². The lowest BCUT2D eigenvalue weighted by molar-refractivity contribution is 0.197. The van der Waals surface area contributed by atoms with Gasteiger partial charge in [0.1, 0.15) is 17.5 Å². The molecule has 96 valence electrons. The summed E-state index contributed by atoms with van der Waals surface area (Å²) in [5.74, 6) is 2.22. The van der Waals surface area contributed by atoms with Crippen LogP contribution in [-0.4, -0.2) is 30.2 Å². The van der Waals surface area contributed by atoms with Crippen LogP contribution in [0.1, 0.15) is 31.2 Å². The zero-order valence-electron chi connectivity index (χ0n) is 10.9. The Bertz CT molecular complexity index is 355. The molecule has 1 aromatic heterocycles. The Labute approximate surface area is 103 Å². The van der Waals surface area contributed by atoms with Gasteiger partial charge in [0.25, 0.3) is 0 Å². The fraction of sp³-hybridized carbons (Fsp3) is 0.667. The van der Waals surface area contributed by atoms with Crippen molar-refractivity contribution in [1.29, 1.82) is 0 Å². The highest BCUT2D eigenvalue weighted by Crippen LogP contribution is 2.17. The van der Waals surface area contributed by atoms with E-state index >= 15 is 0 Å². The molecule has 0 aromatic carbocycles. The van der Waals surface area contributed by atoms with E-state index in [2.05, 4.69) is 22.2 Å². The minimum Gasteiger partial charge on any atom is -0.385 e. The van der Waals surface area contributed by atoms with E-state index in [-0.39, 0.29) is 0 Å². The Morgan fingerprint density at radius 2 is 2.12 bits per heavy atom. The summed E-state index contributed by atoms with van der Waals surface area (Å²) >= 11 is 0. The third-order valence-electron chi connectivity index (χ3n) is 2.52. The Hall–Kier alpha value is -1.36. The average molecular weight is 238 g/mol. The number of methoxy groups -OCH3 is 1. The number of nitrogens with zero attached hydrogens (tertiary/aromatic N) is 2. The van der Waals surface area contributed by atoms with Crippen molar-refractivity contribution in [1.82, 2.24) is 9.97 Å². The number of nitrogen functional groups attached to an aromatic ring is 1. The van der Waals surface area contributed by atoms with Gasteiger partial charge in [-0.05, 0) is 19.8 Å². The van der Waals surface area contributed by atoms with E-state index in [0.29, 0.717) is 5.82 Å². The summed E-state index contributed by atoms with van der Waals surface area (Å²) in [6, 6.07) is 0. The Balaban J connectivity index is 2.68. The van der Waals surface area contributed by atoms with Crippen LogP contribution in [0.2, 0.25) is 0 Å². The minimum atomic E-state index is 0.567. The average Bonchev–Trinajstić information content (AvgIpc) is 2.31. The number of hydrogen-bond donors (Lipinski definition) is 2. The molecule has 0 spiro atoms. The fourth-order valence-electron chi connectivity index (χ4n) is 1.51. The monoisotopic (exact) mass is 238 g/mol. The molecule has 0 aliphatic carbocycles. The summed E-state index contributed by atoms with van der Waals surface area (Å²) in [5.41, 5.74) is 6.79. The molecule has 0 amide bonds. The molecule has 0 radical (unpaired) electrons. The van der Waals surface area contributed by atoms with Gasteiger partial charge in [-0.1, -0.05) is 6.92 Å². The van der Waals surface area contributed by atoms with Gasteiger partial charge in [-0.15, -0.1) is 0 Å². The molecule has 0 bridgehead atoms. The summed E-state index contributed by atoms with van der Waals surface area (Å²) in [6.07, 6.45) is 2.83. The predicted octanol–water partition coefficient (Wildman–Crippen LogP) is 1.77. The minimum absolute atomic E-state index is 0.567. The summed E-state index contributed by atoms with van der Waals surface area (Å²) < 4.78 is 5.00. The molecule has 5 heteroatoms. The quantitative estimate of drug-likeness (QED) is 0.708. The van der Waals surface area contributed by atoms with Crippen molar-refractivity contribution in [3.8, 4) is 0 Å². The van der Waals surface area contributed by atoms with E-state index in [1.165, 1.54) is 0 Å². The lowest BCUT2D eigenvalue weighted by Crippen LogP contribution is -2.11. The number of aryl methyl sites for hydroxylation is 1. The highest BCUT2D eigenvalue weighted by molar-refractivity contribution is 5.54. The first kappa shape index (κ1) is 13.7. The van der Waals surface area contributed by atoms with Crippen molar-refractivity contribution in [3.63, 3.8) is 0 Å². The van der Waals surface area contributed by atoms with Crippen LogP contribution in [0.3, 0.4) is 0 Å². The highest BCUT2D eigenvalue weighted by Gasteiger charge is 2.07. The van der Waals surface area contributed by atoms with E-state index in [0.717, 1.165) is 49.6 Å². The smallest absolute Gasteiger partial charge is 0.134 e. The molecule has 3 N–H and O–H groups in total. The molecule has 1 rings (SSSR count). The maximum Gasteiger partial charge on any atom is 0.134 e. The second kappa shape index (κ2) is 7.06. The van der Waals surface area contributed by atoms with E-state index in [1.54, 1.807) is 7.11 Å². The summed E-state index contributed by atoms with van der Waals surface area (Å²) in [4.78, 5) is 8.75. The van der Waals surface area contributed by atoms with Crippen molar-refractivity contribution in [3.05, 3.63) is 11.4 Å². The first-order valence-electron chi connectivity index (χ1n) is 6.04. The summed E-state index contributed by atoms with van der Waals surface area (Å²) in [6.45, 7) is 5.61. The van der Waals surface area contributed by atoms with Crippen molar-refractivity contribution < 1.29 is 4.74 Å². The van der Waals surface area contributed by atoms with Crippen LogP contribution in [0.4, 0.5) is 11.6 Å². The molecule has 0 aliphatic rings. The molecular formula is C12H22N4O. The van der Waals surface area contributed by atoms with Crippen LogP contribution >= 0.6 is 0 Å². The van der Waals surface area contributed by atoms with Crippen molar-refractivity contribution in [2.24, 2.45) is 0 Å². The molecule has 0 saturated carbocycles. The topological polar surface area (TPSA) is 73.1 Å². The molecule has 0 atom stereocenters. The van der Waals surface area contributed by atoms with E-state index in [4.69, 9.17) is 10.5 Å². The van der Waals surface area contributed by atoms with Gasteiger partial charge in [0.05, 0.1) is 0 Å². The lowest BCUT2D eigenvalue weighted by Gasteiger charge is -2.11. The third kappa shape index (κ3) is 4.19. The third-order valence-corrected chi connectivity index (χ3v) is 2.52. The van der Waals surface area contributed by atoms with Crippen molar-refractivity contribution >= 4 is 11.6 Å². The van der Waals surface area contributed by atoms with Crippen LogP contribution < -0.4 is 11.1 Å². The van der Waals surface area contributed by atoms with Crippen LogP contribution in [0, 0.1) is 6.92 Å². The van der Waals surface area contributed by atoms with Gasteiger partial charge in [0.15, 0.2) is 0 Å². The summed E-state index contributed by atoms with van der Waals surface area (Å²) in [5, 5.41) is 3.28. The Morgan fingerprint density at radius 1 is 1.35 bits per heavy atom. The van der Waals surface area contributed by atoms with E-state index < -0.39 is 0 Å². The second-order valence-corrected chi connectivity index (χ2v) is 4.02. The van der Waals surface area contributed by atoms with Crippen molar-refractivity contribution in [2.45, 2.75) is 33.1 Å². The summed E-state index contributed by atoms with van der Waals surface area (Å²) in [7, 11) is 1.70. The Kier molecular flexibility index (Phi) is 5.69.